The molecule has 0 aliphatic rings. The Kier molecular flexibility index (Phi) is 9.44. The summed E-state index contributed by atoms with van der Waals surface area (Å²) in [6, 6.07) is 13.1. The van der Waals surface area contributed by atoms with Crippen molar-refractivity contribution in [3.8, 4) is 34.5 Å². The summed E-state index contributed by atoms with van der Waals surface area (Å²) in [7, 11) is 2.67. The van der Waals surface area contributed by atoms with Gasteiger partial charge in [0.05, 0.1) is 52.3 Å². The first-order valence-electron chi connectivity index (χ1n) is 11.3. The van der Waals surface area contributed by atoms with E-state index in [1.54, 1.807) is 12.1 Å². The summed E-state index contributed by atoms with van der Waals surface area (Å²) in [4.78, 5) is 12.8. The molecule has 0 aliphatic carbocycles. The molecule has 0 heterocycles. The zero-order chi connectivity index (χ0) is 28.6. The predicted octanol–water partition coefficient (Wildman–Crippen LogP) is 2.78. The van der Waals surface area contributed by atoms with Gasteiger partial charge in [-0.3, -0.25) is 9.10 Å². The van der Waals surface area contributed by atoms with Crippen LogP contribution in [0.4, 0.5) is 5.69 Å². The molecule has 1 amide bonds. The van der Waals surface area contributed by atoms with Crippen LogP contribution in [0.3, 0.4) is 0 Å². The van der Waals surface area contributed by atoms with Crippen molar-refractivity contribution in [2.45, 2.75) is 4.90 Å². The van der Waals surface area contributed by atoms with Crippen molar-refractivity contribution in [1.29, 1.82) is 0 Å². The molecular formula is C26H29N3O9S. The van der Waals surface area contributed by atoms with Crippen LogP contribution in [0, 0.1) is 0 Å². The highest BCUT2D eigenvalue weighted by atomic mass is 32.2. The monoisotopic (exact) mass is 559 g/mol. The molecule has 0 saturated carbocycles. The predicted molar refractivity (Wildman–Crippen MR) is 144 cm³/mol. The minimum Gasteiger partial charge on any atom is -0.504 e. The van der Waals surface area contributed by atoms with Crippen LogP contribution in [0.25, 0.3) is 0 Å². The van der Waals surface area contributed by atoms with Crippen molar-refractivity contribution in [3.05, 3.63) is 60.2 Å². The Bertz CT molecular complexity index is 1460. The van der Waals surface area contributed by atoms with Gasteiger partial charge in [-0.1, -0.05) is 0 Å². The van der Waals surface area contributed by atoms with Gasteiger partial charge in [0.25, 0.3) is 15.9 Å². The first-order valence-corrected chi connectivity index (χ1v) is 12.8. The number of benzene rings is 3. The number of phenols is 1. The average molecular weight is 560 g/mol. The lowest BCUT2D eigenvalue weighted by Crippen LogP contribution is -2.39. The first-order chi connectivity index (χ1) is 18.7. The van der Waals surface area contributed by atoms with Crippen LogP contribution in [-0.4, -0.2) is 67.7 Å². The largest absolute Gasteiger partial charge is 0.504 e. The summed E-state index contributed by atoms with van der Waals surface area (Å²) in [5.74, 6) is 0.482. The van der Waals surface area contributed by atoms with Gasteiger partial charge in [-0.2, -0.15) is 5.10 Å². The maximum atomic E-state index is 13.9. The molecule has 208 valence electrons. The van der Waals surface area contributed by atoms with Crippen LogP contribution in [-0.2, 0) is 14.8 Å². The van der Waals surface area contributed by atoms with E-state index in [-0.39, 0.29) is 33.6 Å². The summed E-state index contributed by atoms with van der Waals surface area (Å²) in [5.41, 5.74) is 2.90. The third-order valence-electron chi connectivity index (χ3n) is 5.49. The molecule has 0 aliphatic heterocycles. The molecule has 2 N–H and O–H groups in total. The molecule has 0 saturated heterocycles. The number of amides is 1. The van der Waals surface area contributed by atoms with E-state index >= 15 is 0 Å². The number of carbonyl (C=O) groups excluding carboxylic acids is 1. The molecule has 0 bridgehead atoms. The summed E-state index contributed by atoms with van der Waals surface area (Å²) in [5, 5.41) is 13.6. The minimum absolute atomic E-state index is 0.0538. The van der Waals surface area contributed by atoms with Crippen molar-refractivity contribution in [3.63, 3.8) is 0 Å². The molecule has 3 aromatic rings. The van der Waals surface area contributed by atoms with Crippen molar-refractivity contribution in [1.82, 2.24) is 5.43 Å². The second-order valence-corrected chi connectivity index (χ2v) is 9.65. The van der Waals surface area contributed by atoms with Gasteiger partial charge in [-0.25, -0.2) is 13.8 Å². The fourth-order valence-electron chi connectivity index (χ4n) is 3.51. The van der Waals surface area contributed by atoms with Crippen LogP contribution >= 0.6 is 0 Å². The number of phenolic OH excluding ortho intramolecular Hbond substituents is 1. The highest BCUT2D eigenvalue weighted by Gasteiger charge is 2.31. The zero-order valence-corrected chi connectivity index (χ0v) is 22.8. The molecule has 0 atom stereocenters. The van der Waals surface area contributed by atoms with Gasteiger partial charge in [-0.05, 0) is 48.0 Å². The van der Waals surface area contributed by atoms with E-state index in [0.29, 0.717) is 17.1 Å². The number of aromatic hydroxyl groups is 1. The fourth-order valence-corrected chi connectivity index (χ4v) is 4.95. The minimum atomic E-state index is -4.35. The molecule has 12 nitrogen and oxygen atoms in total. The lowest BCUT2D eigenvalue weighted by molar-refractivity contribution is -0.119. The molecule has 0 radical (unpaired) electrons. The van der Waals surface area contributed by atoms with Crippen molar-refractivity contribution in [2.24, 2.45) is 5.10 Å². The number of hydrazone groups is 1. The first kappa shape index (κ1) is 28.9. The SMILES string of the molecule is COc1ccc(OC)c(N(CC(=O)N/N=C\c2ccc(O)c(OC)c2)S(=O)(=O)c2ccc(OC)c(OC)c2)c1. The molecule has 3 aromatic carbocycles. The molecular weight excluding hydrogens is 530 g/mol. The highest BCUT2D eigenvalue weighted by molar-refractivity contribution is 7.92. The maximum absolute atomic E-state index is 13.9. The zero-order valence-electron chi connectivity index (χ0n) is 22.0. The quantitative estimate of drug-likeness (QED) is 0.253. The molecule has 0 unspecified atom stereocenters. The Balaban J connectivity index is 1.99. The van der Waals surface area contributed by atoms with Crippen LogP contribution in [0.5, 0.6) is 34.5 Å². The molecule has 0 fully saturated rings. The van der Waals surface area contributed by atoms with Crippen molar-refractivity contribution in [2.75, 3.05) is 46.4 Å². The number of methoxy groups -OCH3 is 5. The number of nitrogens with zero attached hydrogens (tertiary/aromatic N) is 2. The Hall–Kier alpha value is -4.65. The average Bonchev–Trinajstić information content (AvgIpc) is 2.95. The van der Waals surface area contributed by atoms with Crippen LogP contribution in [0.2, 0.25) is 0 Å². The summed E-state index contributed by atoms with van der Waals surface area (Å²) >= 11 is 0. The highest BCUT2D eigenvalue weighted by Crippen LogP contribution is 2.37. The van der Waals surface area contributed by atoms with Crippen LogP contribution in [0.15, 0.2) is 64.6 Å². The van der Waals surface area contributed by atoms with Crippen molar-refractivity contribution < 1.29 is 42.0 Å². The summed E-state index contributed by atoms with van der Waals surface area (Å²) in [6.45, 7) is -0.656. The number of rotatable bonds is 12. The third-order valence-corrected chi connectivity index (χ3v) is 7.25. The molecule has 39 heavy (non-hydrogen) atoms. The van der Waals surface area contributed by atoms with Gasteiger partial charge in [0, 0.05) is 12.1 Å². The summed E-state index contributed by atoms with van der Waals surface area (Å²) < 4.78 is 54.8. The number of carbonyl (C=O) groups is 1. The number of sulfonamides is 1. The van der Waals surface area contributed by atoms with Gasteiger partial charge >= 0.3 is 0 Å². The van der Waals surface area contributed by atoms with Gasteiger partial charge in [0.1, 0.15) is 18.0 Å². The van der Waals surface area contributed by atoms with E-state index in [4.69, 9.17) is 23.7 Å². The lowest BCUT2D eigenvalue weighted by atomic mass is 10.2. The fraction of sp³-hybridized carbons (Fsp3) is 0.231. The number of hydrogen-bond donors (Lipinski definition) is 2. The van der Waals surface area contributed by atoms with Gasteiger partial charge < -0.3 is 28.8 Å². The number of nitrogens with one attached hydrogen (secondary N) is 1. The standard InChI is InChI=1S/C26H29N3O9S/c1-34-18-7-10-22(35-2)20(13-18)29(39(32,33)19-8-11-23(36-3)25(14-19)38-5)16-26(31)28-27-15-17-6-9-21(30)24(12-17)37-4/h6-15,30H,16H2,1-5H3,(H,28,31)/b27-15-. The normalized spacial score (nSPS) is 11.1. The van der Waals surface area contributed by atoms with E-state index in [9.17, 15) is 18.3 Å². The molecule has 3 rings (SSSR count). The number of ether oxygens (including phenoxy) is 5. The second-order valence-electron chi connectivity index (χ2n) is 7.79. The van der Waals surface area contributed by atoms with E-state index in [0.717, 1.165) is 4.31 Å². The molecule has 0 aromatic heterocycles. The Labute approximate surface area is 226 Å². The Morgan fingerprint density at radius 2 is 1.51 bits per heavy atom. The maximum Gasteiger partial charge on any atom is 0.265 e. The Morgan fingerprint density at radius 3 is 2.15 bits per heavy atom. The van der Waals surface area contributed by atoms with E-state index < -0.39 is 22.5 Å². The van der Waals surface area contributed by atoms with Crippen LogP contribution in [0.1, 0.15) is 5.56 Å². The summed E-state index contributed by atoms with van der Waals surface area (Å²) in [6.07, 6.45) is 1.32. The number of hydrogen-bond acceptors (Lipinski definition) is 10. The van der Waals surface area contributed by atoms with Gasteiger partial charge in [0.15, 0.2) is 23.0 Å². The smallest absolute Gasteiger partial charge is 0.265 e. The van der Waals surface area contributed by atoms with Gasteiger partial charge in [-0.15, -0.1) is 0 Å². The number of anilines is 1. The molecule has 0 spiro atoms. The Morgan fingerprint density at radius 1 is 0.846 bits per heavy atom. The van der Waals surface area contributed by atoms with Crippen molar-refractivity contribution >= 4 is 27.8 Å². The van der Waals surface area contributed by atoms with E-state index in [1.165, 1.54) is 84.2 Å². The van der Waals surface area contributed by atoms with E-state index in [2.05, 4.69) is 10.5 Å². The van der Waals surface area contributed by atoms with Gasteiger partial charge in [0.2, 0.25) is 0 Å². The topological polar surface area (TPSA) is 145 Å². The molecule has 13 heteroatoms. The van der Waals surface area contributed by atoms with E-state index in [1.807, 2.05) is 0 Å². The van der Waals surface area contributed by atoms with Crippen LogP contribution < -0.4 is 33.4 Å². The lowest BCUT2D eigenvalue weighted by Gasteiger charge is -2.26. The second kappa shape index (κ2) is 12.7. The third kappa shape index (κ3) is 6.62.